The minimum atomic E-state index is 0.811. The van der Waals surface area contributed by atoms with E-state index in [9.17, 15) is 0 Å². The standard InChI is InChI=1S/C13H19NOS/c1-2-4-12(5-3-1)14-8-11-16-13-6-9-15-10-7-13/h1-5,13-14H,6-11H2. The van der Waals surface area contributed by atoms with Gasteiger partial charge in [0, 0.05) is 36.4 Å². The molecule has 1 aliphatic heterocycles. The number of anilines is 1. The molecule has 3 heteroatoms. The summed E-state index contributed by atoms with van der Waals surface area (Å²) in [6.45, 7) is 2.94. The van der Waals surface area contributed by atoms with Gasteiger partial charge in [-0.05, 0) is 25.0 Å². The zero-order valence-electron chi connectivity index (χ0n) is 9.52. The molecule has 1 aromatic rings. The third kappa shape index (κ3) is 4.06. The van der Waals surface area contributed by atoms with Gasteiger partial charge in [-0.3, -0.25) is 0 Å². The molecule has 2 nitrogen and oxygen atoms in total. The van der Waals surface area contributed by atoms with E-state index in [1.54, 1.807) is 0 Å². The number of benzene rings is 1. The maximum atomic E-state index is 5.35. The molecule has 2 rings (SSSR count). The minimum Gasteiger partial charge on any atom is -0.384 e. The minimum absolute atomic E-state index is 0.811. The molecule has 0 spiro atoms. The first kappa shape index (κ1) is 11.8. The zero-order chi connectivity index (χ0) is 11.1. The van der Waals surface area contributed by atoms with E-state index in [4.69, 9.17) is 4.74 Å². The van der Waals surface area contributed by atoms with Crippen molar-refractivity contribution in [3.63, 3.8) is 0 Å². The lowest BCUT2D eigenvalue weighted by atomic mass is 10.2. The molecule has 1 aromatic carbocycles. The van der Waals surface area contributed by atoms with Gasteiger partial charge in [0.25, 0.3) is 0 Å². The van der Waals surface area contributed by atoms with Gasteiger partial charge in [0.15, 0.2) is 0 Å². The highest BCUT2D eigenvalue weighted by molar-refractivity contribution is 7.99. The average molecular weight is 237 g/mol. The predicted octanol–water partition coefficient (Wildman–Crippen LogP) is 3.01. The number of para-hydroxylation sites is 1. The van der Waals surface area contributed by atoms with Crippen molar-refractivity contribution in [2.45, 2.75) is 18.1 Å². The summed E-state index contributed by atoms with van der Waals surface area (Å²) in [5.74, 6) is 1.18. The predicted molar refractivity (Wildman–Crippen MR) is 71.2 cm³/mol. The first-order valence-corrected chi connectivity index (χ1v) is 6.98. The Morgan fingerprint density at radius 1 is 1.19 bits per heavy atom. The van der Waals surface area contributed by atoms with Crippen LogP contribution in [0.1, 0.15) is 12.8 Å². The van der Waals surface area contributed by atoms with E-state index in [0.29, 0.717) is 0 Å². The van der Waals surface area contributed by atoms with Crippen LogP contribution in [0.15, 0.2) is 30.3 Å². The topological polar surface area (TPSA) is 21.3 Å². The van der Waals surface area contributed by atoms with E-state index in [1.165, 1.54) is 24.3 Å². The molecule has 1 N–H and O–H groups in total. The summed E-state index contributed by atoms with van der Waals surface area (Å²) in [6, 6.07) is 10.4. The SMILES string of the molecule is c1ccc(NCCSC2CCOCC2)cc1. The van der Waals surface area contributed by atoms with Gasteiger partial charge >= 0.3 is 0 Å². The van der Waals surface area contributed by atoms with Crippen molar-refractivity contribution in [1.82, 2.24) is 0 Å². The van der Waals surface area contributed by atoms with Crippen molar-refractivity contribution in [3.05, 3.63) is 30.3 Å². The van der Waals surface area contributed by atoms with E-state index in [0.717, 1.165) is 25.0 Å². The second kappa shape index (κ2) is 6.81. The van der Waals surface area contributed by atoms with Crippen LogP contribution in [0.5, 0.6) is 0 Å². The quantitative estimate of drug-likeness (QED) is 0.795. The fraction of sp³-hybridized carbons (Fsp3) is 0.538. The molecule has 0 radical (unpaired) electrons. The number of hydrogen-bond donors (Lipinski definition) is 1. The van der Waals surface area contributed by atoms with Gasteiger partial charge in [0.2, 0.25) is 0 Å². The summed E-state index contributed by atoms with van der Waals surface area (Å²) >= 11 is 2.07. The fourth-order valence-electron chi connectivity index (χ4n) is 1.82. The van der Waals surface area contributed by atoms with Crippen molar-refractivity contribution in [1.29, 1.82) is 0 Å². The lowest BCUT2D eigenvalue weighted by Gasteiger charge is -2.21. The molecule has 0 aromatic heterocycles. The van der Waals surface area contributed by atoms with Gasteiger partial charge in [-0.15, -0.1) is 0 Å². The molecule has 0 unspecified atom stereocenters. The van der Waals surface area contributed by atoms with Crippen LogP contribution < -0.4 is 5.32 Å². The summed E-state index contributed by atoms with van der Waals surface area (Å²) in [5, 5.41) is 4.24. The van der Waals surface area contributed by atoms with Crippen LogP contribution in [0.2, 0.25) is 0 Å². The van der Waals surface area contributed by atoms with Gasteiger partial charge in [-0.2, -0.15) is 11.8 Å². The van der Waals surface area contributed by atoms with Crippen LogP contribution in [0.4, 0.5) is 5.69 Å². The van der Waals surface area contributed by atoms with Crippen LogP contribution in [-0.4, -0.2) is 30.8 Å². The van der Waals surface area contributed by atoms with Gasteiger partial charge in [0.05, 0.1) is 0 Å². The smallest absolute Gasteiger partial charge is 0.0476 e. The molecular formula is C13H19NOS. The van der Waals surface area contributed by atoms with Gasteiger partial charge < -0.3 is 10.1 Å². The number of nitrogens with one attached hydrogen (secondary N) is 1. The molecule has 88 valence electrons. The van der Waals surface area contributed by atoms with Crippen LogP contribution in [-0.2, 0) is 4.74 Å². The number of ether oxygens (including phenoxy) is 1. The molecule has 0 aliphatic carbocycles. The largest absolute Gasteiger partial charge is 0.384 e. The maximum Gasteiger partial charge on any atom is 0.0476 e. The molecule has 0 atom stereocenters. The Morgan fingerprint density at radius 2 is 1.94 bits per heavy atom. The number of rotatable bonds is 5. The van der Waals surface area contributed by atoms with E-state index in [2.05, 4.69) is 41.3 Å². The highest BCUT2D eigenvalue weighted by atomic mass is 32.2. The highest BCUT2D eigenvalue weighted by Crippen LogP contribution is 2.21. The van der Waals surface area contributed by atoms with Crippen LogP contribution in [0, 0.1) is 0 Å². The lowest BCUT2D eigenvalue weighted by molar-refractivity contribution is 0.100. The molecule has 1 aliphatic rings. The Morgan fingerprint density at radius 3 is 2.69 bits per heavy atom. The first-order chi connectivity index (χ1) is 7.95. The van der Waals surface area contributed by atoms with Crippen LogP contribution >= 0.6 is 11.8 Å². The molecule has 0 bridgehead atoms. The lowest BCUT2D eigenvalue weighted by Crippen LogP contribution is -2.19. The van der Waals surface area contributed by atoms with E-state index in [-0.39, 0.29) is 0 Å². The van der Waals surface area contributed by atoms with Crippen LogP contribution in [0.3, 0.4) is 0 Å². The third-order valence-corrected chi connectivity index (χ3v) is 4.11. The molecule has 1 heterocycles. The molecular weight excluding hydrogens is 218 g/mol. The third-order valence-electron chi connectivity index (χ3n) is 2.73. The molecule has 0 amide bonds. The van der Waals surface area contributed by atoms with Gasteiger partial charge in [-0.25, -0.2) is 0 Å². The van der Waals surface area contributed by atoms with Crippen molar-refractivity contribution < 1.29 is 4.74 Å². The van der Waals surface area contributed by atoms with Crippen molar-refractivity contribution in [3.8, 4) is 0 Å². The Balaban J connectivity index is 1.58. The summed E-state index contributed by atoms with van der Waals surface area (Å²) < 4.78 is 5.35. The average Bonchev–Trinajstić information content (AvgIpc) is 2.37. The Kier molecular flexibility index (Phi) is 5.03. The normalized spacial score (nSPS) is 17.2. The van der Waals surface area contributed by atoms with Crippen molar-refractivity contribution in [2.24, 2.45) is 0 Å². The molecule has 1 fully saturated rings. The zero-order valence-corrected chi connectivity index (χ0v) is 10.3. The first-order valence-electron chi connectivity index (χ1n) is 5.93. The fourth-order valence-corrected chi connectivity index (χ4v) is 2.90. The van der Waals surface area contributed by atoms with Gasteiger partial charge in [0.1, 0.15) is 0 Å². The summed E-state index contributed by atoms with van der Waals surface area (Å²) in [6.07, 6.45) is 2.44. The number of hydrogen-bond acceptors (Lipinski definition) is 3. The van der Waals surface area contributed by atoms with E-state index in [1.807, 2.05) is 6.07 Å². The number of thioether (sulfide) groups is 1. The molecule has 1 saturated heterocycles. The Labute approximate surface area is 102 Å². The summed E-state index contributed by atoms with van der Waals surface area (Å²) in [4.78, 5) is 0. The molecule has 16 heavy (non-hydrogen) atoms. The highest BCUT2D eigenvalue weighted by Gasteiger charge is 2.13. The van der Waals surface area contributed by atoms with Crippen LogP contribution in [0.25, 0.3) is 0 Å². The van der Waals surface area contributed by atoms with E-state index >= 15 is 0 Å². The Bertz CT molecular complexity index is 285. The van der Waals surface area contributed by atoms with E-state index < -0.39 is 0 Å². The second-order valence-corrected chi connectivity index (χ2v) is 5.38. The van der Waals surface area contributed by atoms with Crippen molar-refractivity contribution in [2.75, 3.05) is 30.8 Å². The second-order valence-electron chi connectivity index (χ2n) is 3.98. The monoisotopic (exact) mass is 237 g/mol. The van der Waals surface area contributed by atoms with Crippen molar-refractivity contribution >= 4 is 17.4 Å². The Hall–Kier alpha value is -0.670. The summed E-state index contributed by atoms with van der Waals surface area (Å²) in [5.41, 5.74) is 1.22. The molecule has 0 saturated carbocycles. The maximum absolute atomic E-state index is 5.35. The summed E-state index contributed by atoms with van der Waals surface area (Å²) in [7, 11) is 0. The van der Waals surface area contributed by atoms with Gasteiger partial charge in [-0.1, -0.05) is 18.2 Å².